The Labute approximate surface area is 74.4 Å². The Morgan fingerprint density at radius 1 is 1.17 bits per heavy atom. The number of hydrogen-bond acceptors (Lipinski definition) is 1. The molecule has 1 nitrogen and oxygen atoms in total. The molecule has 1 rings (SSSR count). The van der Waals surface area contributed by atoms with Crippen molar-refractivity contribution in [2.45, 2.75) is 19.8 Å². The van der Waals surface area contributed by atoms with Crippen molar-refractivity contribution < 1.29 is 5.11 Å². The first-order valence-electron chi connectivity index (χ1n) is 4.11. The lowest BCUT2D eigenvalue weighted by Gasteiger charge is -1.96. The number of rotatable bonds is 2. The monoisotopic (exact) mass is 164 g/mol. The van der Waals surface area contributed by atoms with Gasteiger partial charge in [-0.05, 0) is 24.1 Å². The Balaban J connectivity index is 0.000000561. The average Bonchev–Trinajstić information content (AvgIpc) is 2.13. The first-order valence-corrected chi connectivity index (χ1v) is 4.11. The summed E-state index contributed by atoms with van der Waals surface area (Å²) in [5.41, 5.74) is 1.29. The molecule has 0 radical (unpaired) electrons. The molecule has 66 valence electrons. The molecule has 0 saturated heterocycles. The third-order valence-corrected chi connectivity index (χ3v) is 1.48. The zero-order valence-corrected chi connectivity index (χ0v) is 7.59. The summed E-state index contributed by atoms with van der Waals surface area (Å²) in [5, 5.41) is 8.92. The molecular formula is C11H16O. The highest BCUT2D eigenvalue weighted by molar-refractivity contribution is 5.25. The van der Waals surface area contributed by atoms with Crippen LogP contribution in [0.5, 0.6) is 5.75 Å². The molecule has 1 aromatic rings. The zero-order chi connectivity index (χ0) is 9.40. The number of aromatic hydroxyl groups is 1. The van der Waals surface area contributed by atoms with Crippen molar-refractivity contribution in [2.75, 3.05) is 0 Å². The smallest absolute Gasteiger partial charge is 0.115 e. The van der Waals surface area contributed by atoms with Gasteiger partial charge in [-0.15, -0.1) is 13.2 Å². The van der Waals surface area contributed by atoms with Crippen molar-refractivity contribution in [1.82, 2.24) is 0 Å². The van der Waals surface area contributed by atoms with E-state index in [2.05, 4.69) is 20.1 Å². The van der Waals surface area contributed by atoms with Crippen LogP contribution >= 0.6 is 0 Å². The van der Waals surface area contributed by atoms with Crippen LogP contribution in [-0.4, -0.2) is 5.11 Å². The fraction of sp³-hybridized carbons (Fsp3) is 0.273. The van der Waals surface area contributed by atoms with Crippen LogP contribution in [-0.2, 0) is 6.42 Å². The van der Waals surface area contributed by atoms with E-state index in [0.717, 1.165) is 12.8 Å². The van der Waals surface area contributed by atoms with Crippen LogP contribution in [0.15, 0.2) is 37.4 Å². The van der Waals surface area contributed by atoms with Gasteiger partial charge < -0.3 is 5.11 Å². The summed E-state index contributed by atoms with van der Waals surface area (Å²) in [6.45, 7) is 8.15. The summed E-state index contributed by atoms with van der Waals surface area (Å²) in [4.78, 5) is 0. The number of phenolic OH excluding ortho intramolecular Hbond substituents is 1. The first kappa shape index (κ1) is 10.8. The maximum absolute atomic E-state index is 8.92. The van der Waals surface area contributed by atoms with E-state index >= 15 is 0 Å². The number of phenols is 1. The van der Waals surface area contributed by atoms with Gasteiger partial charge in [-0.3, -0.25) is 0 Å². The van der Waals surface area contributed by atoms with Crippen molar-refractivity contribution in [3.05, 3.63) is 43.0 Å². The Morgan fingerprint density at radius 2 is 1.67 bits per heavy atom. The van der Waals surface area contributed by atoms with E-state index in [0.29, 0.717) is 5.75 Å². The number of benzene rings is 1. The van der Waals surface area contributed by atoms with Crippen LogP contribution in [0.25, 0.3) is 0 Å². The highest BCUT2D eigenvalue weighted by atomic mass is 16.3. The van der Waals surface area contributed by atoms with Crippen LogP contribution in [0.2, 0.25) is 0 Å². The van der Waals surface area contributed by atoms with Gasteiger partial charge in [0.1, 0.15) is 5.75 Å². The molecule has 0 heterocycles. The van der Waals surface area contributed by atoms with Gasteiger partial charge in [-0.2, -0.15) is 0 Å². The lowest BCUT2D eigenvalue weighted by Crippen LogP contribution is -1.79. The van der Waals surface area contributed by atoms with Crippen LogP contribution in [0.1, 0.15) is 18.9 Å². The zero-order valence-electron chi connectivity index (χ0n) is 7.59. The quantitative estimate of drug-likeness (QED) is 0.666. The minimum absolute atomic E-state index is 0.347. The molecule has 0 aliphatic carbocycles. The Hall–Kier alpha value is -1.24. The SMILES string of the molecule is C=C.CCCc1ccc(O)cc1. The molecule has 0 spiro atoms. The topological polar surface area (TPSA) is 20.2 Å². The fourth-order valence-electron chi connectivity index (χ4n) is 0.951. The molecule has 0 aromatic heterocycles. The predicted octanol–water partition coefficient (Wildman–Crippen LogP) is 3.15. The molecule has 1 aromatic carbocycles. The van der Waals surface area contributed by atoms with Crippen molar-refractivity contribution >= 4 is 0 Å². The van der Waals surface area contributed by atoms with E-state index < -0.39 is 0 Å². The van der Waals surface area contributed by atoms with Gasteiger partial charge >= 0.3 is 0 Å². The third kappa shape index (κ3) is 3.81. The second kappa shape index (κ2) is 6.47. The molecule has 1 heteroatoms. The van der Waals surface area contributed by atoms with Gasteiger partial charge in [0.05, 0.1) is 0 Å². The van der Waals surface area contributed by atoms with E-state index in [9.17, 15) is 0 Å². The first-order chi connectivity index (χ1) is 5.83. The standard InChI is InChI=1S/C9H12O.C2H4/c1-2-3-8-4-6-9(10)7-5-8;1-2/h4-7,10H,2-3H2,1H3;1-2H2. The third-order valence-electron chi connectivity index (χ3n) is 1.48. The molecule has 0 aliphatic rings. The summed E-state index contributed by atoms with van der Waals surface area (Å²) in [7, 11) is 0. The highest BCUT2D eigenvalue weighted by Gasteiger charge is 1.89. The Bertz CT molecular complexity index is 201. The minimum atomic E-state index is 0.347. The average molecular weight is 164 g/mol. The summed E-state index contributed by atoms with van der Waals surface area (Å²) in [5.74, 6) is 0.347. The molecule has 0 unspecified atom stereocenters. The molecular weight excluding hydrogens is 148 g/mol. The van der Waals surface area contributed by atoms with E-state index in [1.165, 1.54) is 5.56 Å². The number of hydrogen-bond donors (Lipinski definition) is 1. The normalized spacial score (nSPS) is 8.42. The van der Waals surface area contributed by atoms with Crippen molar-refractivity contribution in [3.8, 4) is 5.75 Å². The van der Waals surface area contributed by atoms with Gasteiger partial charge in [0.2, 0.25) is 0 Å². The van der Waals surface area contributed by atoms with E-state index in [1.807, 2.05) is 12.1 Å². The molecule has 0 fully saturated rings. The molecule has 0 aliphatic heterocycles. The fourth-order valence-corrected chi connectivity index (χ4v) is 0.951. The molecule has 0 atom stereocenters. The van der Waals surface area contributed by atoms with Crippen molar-refractivity contribution in [3.63, 3.8) is 0 Å². The van der Waals surface area contributed by atoms with Crippen LogP contribution < -0.4 is 0 Å². The number of aryl methyl sites for hydroxylation is 1. The molecule has 1 N–H and O–H groups in total. The molecule has 12 heavy (non-hydrogen) atoms. The van der Waals surface area contributed by atoms with E-state index in [-0.39, 0.29) is 0 Å². The summed E-state index contributed by atoms with van der Waals surface area (Å²) < 4.78 is 0. The highest BCUT2D eigenvalue weighted by Crippen LogP contribution is 2.10. The van der Waals surface area contributed by atoms with Gasteiger partial charge in [0.15, 0.2) is 0 Å². The van der Waals surface area contributed by atoms with Gasteiger partial charge in [0.25, 0.3) is 0 Å². The second-order valence-electron chi connectivity index (χ2n) is 2.42. The van der Waals surface area contributed by atoms with Gasteiger partial charge in [-0.25, -0.2) is 0 Å². The predicted molar refractivity (Wildman–Crippen MR) is 53.4 cm³/mol. The van der Waals surface area contributed by atoms with E-state index in [4.69, 9.17) is 5.11 Å². The summed E-state index contributed by atoms with van der Waals surface area (Å²) >= 11 is 0. The minimum Gasteiger partial charge on any atom is -0.508 e. The van der Waals surface area contributed by atoms with Gasteiger partial charge in [-0.1, -0.05) is 25.5 Å². The lowest BCUT2D eigenvalue weighted by molar-refractivity contribution is 0.475. The van der Waals surface area contributed by atoms with E-state index in [1.54, 1.807) is 12.1 Å². The molecule has 0 saturated carbocycles. The maximum Gasteiger partial charge on any atom is 0.115 e. The maximum atomic E-state index is 8.92. The lowest BCUT2D eigenvalue weighted by atomic mass is 10.1. The largest absolute Gasteiger partial charge is 0.508 e. The molecule has 0 bridgehead atoms. The second-order valence-corrected chi connectivity index (χ2v) is 2.42. The van der Waals surface area contributed by atoms with Gasteiger partial charge in [0, 0.05) is 0 Å². The van der Waals surface area contributed by atoms with Crippen LogP contribution in [0.3, 0.4) is 0 Å². The Morgan fingerprint density at radius 3 is 2.08 bits per heavy atom. The summed E-state index contributed by atoms with van der Waals surface area (Å²) in [6, 6.07) is 7.37. The van der Waals surface area contributed by atoms with Crippen molar-refractivity contribution in [1.29, 1.82) is 0 Å². The molecule has 0 amide bonds. The van der Waals surface area contributed by atoms with Crippen molar-refractivity contribution in [2.24, 2.45) is 0 Å². The van der Waals surface area contributed by atoms with Crippen LogP contribution in [0.4, 0.5) is 0 Å². The van der Waals surface area contributed by atoms with Crippen LogP contribution in [0, 0.1) is 0 Å². The summed E-state index contributed by atoms with van der Waals surface area (Å²) in [6.07, 6.45) is 2.26. The Kier molecular flexibility index (Phi) is 5.80.